The Hall–Kier alpha value is -1.45. The number of carbonyl (C=O) groups excluding carboxylic acids is 1. The van der Waals surface area contributed by atoms with Gasteiger partial charge in [-0.2, -0.15) is 0 Å². The number of nitrogens with zero attached hydrogens (tertiary/aromatic N) is 2. The van der Waals surface area contributed by atoms with E-state index in [0.717, 1.165) is 11.8 Å². The molecule has 1 amide bonds. The lowest BCUT2D eigenvalue weighted by molar-refractivity contribution is -0.140. The number of thioether (sulfide) groups is 1. The molecule has 0 aliphatic heterocycles. The number of nitrogens with two attached hydrogens (primary N) is 1. The highest BCUT2D eigenvalue weighted by Gasteiger charge is 2.21. The fourth-order valence-corrected chi connectivity index (χ4v) is 2.84. The van der Waals surface area contributed by atoms with E-state index in [1.165, 1.54) is 6.92 Å². The summed E-state index contributed by atoms with van der Waals surface area (Å²) in [7, 11) is 0. The van der Waals surface area contributed by atoms with E-state index in [0.29, 0.717) is 16.7 Å². The molecule has 0 aliphatic carbocycles. The molecule has 0 saturated heterocycles. The maximum Gasteiger partial charge on any atom is 0.327 e. The molecule has 0 radical (unpaired) electrons. The van der Waals surface area contributed by atoms with Gasteiger partial charge in [-0.25, -0.2) is 9.78 Å². The highest BCUT2D eigenvalue weighted by atomic mass is 35.5. The minimum absolute atomic E-state index is 0.0726. The molecule has 0 saturated carbocycles. The van der Waals surface area contributed by atoms with Crippen molar-refractivity contribution in [2.24, 2.45) is 0 Å². The summed E-state index contributed by atoms with van der Waals surface area (Å²) in [6.45, 7) is 3.19. The van der Waals surface area contributed by atoms with Crippen LogP contribution in [0.1, 0.15) is 12.7 Å². The Morgan fingerprint density at radius 3 is 2.68 bits per heavy atom. The number of nitrogen functional groups attached to an aromatic ring is 1. The summed E-state index contributed by atoms with van der Waals surface area (Å²) in [5.41, 5.74) is 5.96. The number of hydrogen-bond donors (Lipinski definition) is 4. The number of halogens is 1. The van der Waals surface area contributed by atoms with Crippen LogP contribution in [0, 0.1) is 6.92 Å². The monoisotopic (exact) mass is 350 g/mol. The van der Waals surface area contributed by atoms with E-state index in [-0.39, 0.29) is 18.2 Å². The van der Waals surface area contributed by atoms with Crippen LogP contribution in [0.4, 0.5) is 5.82 Å². The summed E-state index contributed by atoms with van der Waals surface area (Å²) in [6.07, 6.45) is -0.749. The minimum Gasteiger partial charge on any atom is -0.480 e. The molecule has 2 atom stereocenters. The third-order valence-corrected chi connectivity index (χ3v) is 4.23. The van der Waals surface area contributed by atoms with Crippen molar-refractivity contribution in [1.29, 1.82) is 0 Å². The Bertz CT molecular complexity index is 551. The molecule has 22 heavy (non-hydrogen) atoms. The van der Waals surface area contributed by atoms with Crippen molar-refractivity contribution in [3.8, 4) is 0 Å². The average molecular weight is 351 g/mol. The summed E-state index contributed by atoms with van der Waals surface area (Å²) >= 11 is 6.69. The number of anilines is 1. The molecule has 0 bridgehead atoms. The van der Waals surface area contributed by atoms with Crippen molar-refractivity contribution >= 4 is 41.1 Å². The summed E-state index contributed by atoms with van der Waals surface area (Å²) in [6, 6.07) is -1.03. The molecule has 124 valence electrons. The Balaban J connectivity index is 2.79. The molecule has 2 unspecified atom stereocenters. The van der Waals surface area contributed by atoms with E-state index in [1.54, 1.807) is 11.5 Å². The van der Waals surface area contributed by atoms with Crippen molar-refractivity contribution in [3.05, 3.63) is 5.82 Å². The number of imidazole rings is 1. The van der Waals surface area contributed by atoms with Gasteiger partial charge >= 0.3 is 5.97 Å². The van der Waals surface area contributed by atoms with Gasteiger partial charge in [0.2, 0.25) is 5.91 Å². The molecule has 1 aromatic rings. The predicted molar refractivity (Wildman–Crippen MR) is 84.1 cm³/mol. The normalized spacial score (nSPS) is 13.6. The van der Waals surface area contributed by atoms with Gasteiger partial charge in [-0.3, -0.25) is 4.79 Å². The van der Waals surface area contributed by atoms with Crippen molar-refractivity contribution in [2.45, 2.75) is 37.6 Å². The van der Waals surface area contributed by atoms with Gasteiger partial charge in [-0.05, 0) is 6.92 Å². The van der Waals surface area contributed by atoms with Crippen LogP contribution in [0.3, 0.4) is 0 Å². The first-order valence-corrected chi connectivity index (χ1v) is 7.97. The number of nitrogens with one attached hydrogen (secondary N) is 1. The third-order valence-electron chi connectivity index (χ3n) is 2.80. The fraction of sp³-hybridized carbons (Fsp3) is 0.583. The fourth-order valence-electron chi connectivity index (χ4n) is 1.73. The van der Waals surface area contributed by atoms with E-state index in [9.17, 15) is 14.7 Å². The molecule has 0 aromatic carbocycles. The molecule has 8 nitrogen and oxygen atoms in total. The van der Waals surface area contributed by atoms with Gasteiger partial charge in [0.15, 0.2) is 0 Å². The third kappa shape index (κ3) is 5.08. The number of alkyl halides is 1. The van der Waals surface area contributed by atoms with Gasteiger partial charge in [-0.1, -0.05) is 11.8 Å². The van der Waals surface area contributed by atoms with Crippen LogP contribution in [0.5, 0.6) is 0 Å². The van der Waals surface area contributed by atoms with Crippen molar-refractivity contribution in [3.63, 3.8) is 0 Å². The second-order valence-corrected chi connectivity index (χ2v) is 5.99. The Morgan fingerprint density at radius 2 is 2.18 bits per heavy atom. The van der Waals surface area contributed by atoms with Crippen LogP contribution in [0.2, 0.25) is 0 Å². The number of hydrogen-bond acceptors (Lipinski definition) is 6. The highest BCUT2D eigenvalue weighted by Crippen LogP contribution is 2.26. The quantitative estimate of drug-likeness (QED) is 0.385. The van der Waals surface area contributed by atoms with E-state index >= 15 is 0 Å². The topological polar surface area (TPSA) is 130 Å². The smallest absolute Gasteiger partial charge is 0.327 e. The molecule has 0 fully saturated rings. The Kier molecular flexibility index (Phi) is 6.98. The number of rotatable bonds is 8. The molecule has 1 aromatic heterocycles. The summed E-state index contributed by atoms with van der Waals surface area (Å²) in [5, 5.41) is 21.4. The Morgan fingerprint density at radius 1 is 1.55 bits per heavy atom. The van der Waals surface area contributed by atoms with Crippen LogP contribution in [0.25, 0.3) is 0 Å². The summed E-state index contributed by atoms with van der Waals surface area (Å²) < 4.78 is 1.61. The van der Waals surface area contributed by atoms with Gasteiger partial charge in [0.25, 0.3) is 0 Å². The summed E-state index contributed by atoms with van der Waals surface area (Å²) in [4.78, 5) is 26.3. The standard InChI is InChI=1S/C12H19ClN4O4S/c1-6-15-11(10(14)17(6)4-8(19)3-13)22-5-9(12(20)21)16-7(2)18/h8-9,19H,3-5,14H2,1-2H3,(H,16,18)(H,20,21). The number of aliphatic hydroxyl groups is 1. The predicted octanol–water partition coefficient (Wildman–Crippen LogP) is 0.0548. The first-order valence-electron chi connectivity index (χ1n) is 6.45. The molecule has 5 N–H and O–H groups in total. The van der Waals surface area contributed by atoms with E-state index < -0.39 is 24.0 Å². The van der Waals surface area contributed by atoms with Gasteiger partial charge in [0.05, 0.1) is 18.5 Å². The van der Waals surface area contributed by atoms with Crippen molar-refractivity contribution < 1.29 is 19.8 Å². The first-order chi connectivity index (χ1) is 10.3. The lowest BCUT2D eigenvalue weighted by atomic mass is 10.3. The number of aromatic nitrogens is 2. The van der Waals surface area contributed by atoms with Crippen LogP contribution >= 0.6 is 23.4 Å². The number of carboxylic acids is 1. The molecule has 0 aliphatic rings. The molecule has 0 spiro atoms. The maximum atomic E-state index is 11.1. The summed E-state index contributed by atoms with van der Waals surface area (Å²) in [5.74, 6) is -0.464. The zero-order valence-electron chi connectivity index (χ0n) is 12.2. The van der Waals surface area contributed by atoms with E-state index in [2.05, 4.69) is 10.3 Å². The average Bonchev–Trinajstić information content (AvgIpc) is 2.70. The minimum atomic E-state index is -1.13. The number of aryl methyl sites for hydroxylation is 1. The lowest BCUT2D eigenvalue weighted by Gasteiger charge is -2.13. The first kappa shape index (κ1) is 18.6. The van der Waals surface area contributed by atoms with Crippen molar-refractivity contribution in [2.75, 3.05) is 17.4 Å². The lowest BCUT2D eigenvalue weighted by Crippen LogP contribution is -2.41. The van der Waals surface area contributed by atoms with Crippen LogP contribution < -0.4 is 11.1 Å². The van der Waals surface area contributed by atoms with Gasteiger partial charge in [0, 0.05) is 12.7 Å². The molecule has 1 heterocycles. The Labute approximate surface area is 137 Å². The van der Waals surface area contributed by atoms with Crippen LogP contribution in [-0.4, -0.2) is 55.4 Å². The van der Waals surface area contributed by atoms with E-state index in [1.807, 2.05) is 0 Å². The molecular formula is C12H19ClN4O4S. The number of amides is 1. The number of carboxylic acid groups (broad SMARTS) is 1. The zero-order valence-corrected chi connectivity index (χ0v) is 13.8. The molecule has 1 rings (SSSR count). The van der Waals surface area contributed by atoms with Gasteiger partial charge in [0.1, 0.15) is 22.7 Å². The van der Waals surface area contributed by atoms with Gasteiger partial charge < -0.3 is 25.8 Å². The maximum absolute atomic E-state index is 11.1. The molecule has 10 heteroatoms. The molecular weight excluding hydrogens is 332 g/mol. The number of aliphatic carboxylic acids is 1. The van der Waals surface area contributed by atoms with Gasteiger partial charge in [-0.15, -0.1) is 11.6 Å². The SMILES string of the molecule is CC(=O)NC(CSc1nc(C)n(CC(O)CCl)c1N)C(=O)O. The van der Waals surface area contributed by atoms with Crippen molar-refractivity contribution in [1.82, 2.24) is 14.9 Å². The second-order valence-electron chi connectivity index (χ2n) is 4.67. The number of carbonyl (C=O) groups is 2. The van der Waals surface area contributed by atoms with Crippen LogP contribution in [0.15, 0.2) is 5.03 Å². The highest BCUT2D eigenvalue weighted by molar-refractivity contribution is 7.99. The second kappa shape index (κ2) is 8.25. The largest absolute Gasteiger partial charge is 0.480 e. The van der Waals surface area contributed by atoms with Crippen LogP contribution in [-0.2, 0) is 16.1 Å². The number of aliphatic hydroxyl groups excluding tert-OH is 1. The van der Waals surface area contributed by atoms with E-state index in [4.69, 9.17) is 22.4 Å². The zero-order chi connectivity index (χ0) is 16.9.